The van der Waals surface area contributed by atoms with Crippen LogP contribution in [0.3, 0.4) is 0 Å². The molecule has 0 rings (SSSR count). The molecule has 80 heavy (non-hydrogen) atoms. The summed E-state index contributed by atoms with van der Waals surface area (Å²) < 4.78 is 17.0. The molecule has 0 radical (unpaired) electrons. The Labute approximate surface area is 500 Å². The molecule has 0 bridgehead atoms. The molecule has 0 aliphatic carbocycles. The lowest BCUT2D eigenvalue weighted by atomic mass is 10.0. The lowest BCUT2D eigenvalue weighted by molar-refractivity contribution is -0.167. The zero-order chi connectivity index (χ0) is 57.8. The van der Waals surface area contributed by atoms with Gasteiger partial charge in [0.15, 0.2) is 6.10 Å². The summed E-state index contributed by atoms with van der Waals surface area (Å²) in [6, 6.07) is 0. The molecule has 0 saturated heterocycles. The molecule has 0 aromatic carbocycles. The van der Waals surface area contributed by atoms with E-state index in [4.69, 9.17) is 14.2 Å². The van der Waals surface area contributed by atoms with E-state index in [1.165, 1.54) is 308 Å². The van der Waals surface area contributed by atoms with E-state index in [-0.39, 0.29) is 31.1 Å². The Kier molecular flexibility index (Phi) is 67.6. The molecule has 472 valence electrons. The summed E-state index contributed by atoms with van der Waals surface area (Å²) in [4.78, 5) is 38.4. The number of carbonyl (C=O) groups is 3. The fraction of sp³-hybridized carbons (Fsp3) is 0.905. The van der Waals surface area contributed by atoms with Crippen LogP contribution in [0.2, 0.25) is 0 Å². The highest BCUT2D eigenvalue weighted by molar-refractivity contribution is 5.71. The Morgan fingerprint density at radius 3 is 0.688 bits per heavy atom. The van der Waals surface area contributed by atoms with Crippen molar-refractivity contribution in [2.24, 2.45) is 0 Å². The van der Waals surface area contributed by atoms with Crippen molar-refractivity contribution in [1.82, 2.24) is 0 Å². The number of rotatable bonds is 68. The van der Waals surface area contributed by atoms with Gasteiger partial charge < -0.3 is 14.2 Å². The Balaban J connectivity index is 4.13. The van der Waals surface area contributed by atoms with Crippen LogP contribution in [0.5, 0.6) is 0 Å². The molecule has 0 fully saturated rings. The first-order valence-corrected chi connectivity index (χ1v) is 36.3. The lowest BCUT2D eigenvalue weighted by Crippen LogP contribution is -2.30. The molecule has 1 atom stereocenters. The van der Waals surface area contributed by atoms with Crippen molar-refractivity contribution >= 4 is 17.9 Å². The first-order chi connectivity index (χ1) is 39.5. The third-order valence-electron chi connectivity index (χ3n) is 16.7. The van der Waals surface area contributed by atoms with Crippen molar-refractivity contribution in [1.29, 1.82) is 0 Å². The first-order valence-electron chi connectivity index (χ1n) is 36.3. The van der Waals surface area contributed by atoms with Crippen molar-refractivity contribution in [3.05, 3.63) is 24.3 Å². The third-order valence-corrected chi connectivity index (χ3v) is 16.7. The monoisotopic (exact) mass is 1130 g/mol. The Morgan fingerprint density at radius 2 is 0.450 bits per heavy atom. The van der Waals surface area contributed by atoms with Gasteiger partial charge in [0.25, 0.3) is 0 Å². The zero-order valence-corrected chi connectivity index (χ0v) is 54.4. The molecule has 6 nitrogen and oxygen atoms in total. The Bertz CT molecular complexity index is 1290. The molecular formula is C74H140O6. The molecule has 0 amide bonds. The summed E-state index contributed by atoms with van der Waals surface area (Å²) in [6.07, 6.45) is 85.0. The molecule has 0 aromatic heterocycles. The molecule has 0 aliphatic heterocycles. The fourth-order valence-corrected chi connectivity index (χ4v) is 11.2. The largest absolute Gasteiger partial charge is 0.462 e. The molecule has 1 unspecified atom stereocenters. The van der Waals surface area contributed by atoms with Gasteiger partial charge in [-0.1, -0.05) is 366 Å². The minimum Gasteiger partial charge on any atom is -0.462 e. The van der Waals surface area contributed by atoms with Gasteiger partial charge in [-0.25, -0.2) is 0 Å². The van der Waals surface area contributed by atoms with Crippen LogP contribution in [0.15, 0.2) is 24.3 Å². The normalized spacial score (nSPS) is 12.1. The van der Waals surface area contributed by atoms with E-state index in [0.29, 0.717) is 19.3 Å². The van der Waals surface area contributed by atoms with E-state index in [1.54, 1.807) is 0 Å². The standard InChI is InChI=1S/C74H140O6/c1-4-7-10-13-16-19-22-25-27-29-31-32-33-34-35-36-37-38-39-40-41-42-43-45-46-49-52-55-58-61-64-67-73(76)79-70-71(69-78-72(75)66-63-60-57-54-51-48-24-21-18-15-12-9-6-3)80-74(77)68-65-62-59-56-53-50-47-44-30-28-26-23-20-17-14-11-8-5-2/h22,25,29,31,71H,4-21,23-24,26-28,30,32-70H2,1-3H3/b25-22-,31-29-. The number of carbonyl (C=O) groups excluding carboxylic acids is 3. The molecule has 0 saturated carbocycles. The van der Waals surface area contributed by atoms with E-state index in [0.717, 1.165) is 64.2 Å². The number of unbranched alkanes of at least 4 members (excludes halogenated alkanes) is 53. The van der Waals surface area contributed by atoms with Crippen LogP contribution in [0.25, 0.3) is 0 Å². The van der Waals surface area contributed by atoms with Crippen LogP contribution >= 0.6 is 0 Å². The second kappa shape index (κ2) is 69.4. The van der Waals surface area contributed by atoms with Gasteiger partial charge >= 0.3 is 17.9 Å². The average Bonchev–Trinajstić information content (AvgIpc) is 3.46. The molecule has 0 aromatic rings. The van der Waals surface area contributed by atoms with Gasteiger partial charge in [0.1, 0.15) is 13.2 Å². The van der Waals surface area contributed by atoms with E-state index >= 15 is 0 Å². The number of esters is 3. The zero-order valence-electron chi connectivity index (χ0n) is 54.4. The van der Waals surface area contributed by atoms with Crippen molar-refractivity contribution < 1.29 is 28.6 Å². The van der Waals surface area contributed by atoms with Crippen LogP contribution < -0.4 is 0 Å². The number of ether oxygens (including phenoxy) is 3. The summed E-state index contributed by atoms with van der Waals surface area (Å²) in [5, 5.41) is 0. The SMILES string of the molecule is CCCCCCC/C=C\C/C=C\CCCCCCCCCCCCCCCCCCCCCC(=O)OCC(COC(=O)CCCCCCCCCCCCCCC)OC(=O)CCCCCCCCCCCCCCCCCCCC. The van der Waals surface area contributed by atoms with Crippen molar-refractivity contribution in [3.8, 4) is 0 Å². The predicted octanol–water partition coefficient (Wildman–Crippen LogP) is 25.0. The summed E-state index contributed by atoms with van der Waals surface area (Å²) in [5.74, 6) is -0.827. The molecule has 0 spiro atoms. The maximum atomic E-state index is 12.9. The molecular weight excluding hydrogens is 985 g/mol. The van der Waals surface area contributed by atoms with Gasteiger partial charge in [-0.3, -0.25) is 14.4 Å². The lowest BCUT2D eigenvalue weighted by Gasteiger charge is -2.18. The summed E-state index contributed by atoms with van der Waals surface area (Å²) in [5.41, 5.74) is 0. The Hall–Kier alpha value is -2.11. The topological polar surface area (TPSA) is 78.9 Å². The molecule has 0 aliphatic rings. The van der Waals surface area contributed by atoms with E-state index in [9.17, 15) is 14.4 Å². The minimum atomic E-state index is -0.766. The first kappa shape index (κ1) is 77.9. The van der Waals surface area contributed by atoms with Crippen LogP contribution in [0.4, 0.5) is 0 Å². The predicted molar refractivity (Wildman–Crippen MR) is 349 cm³/mol. The molecule has 0 N–H and O–H groups in total. The fourth-order valence-electron chi connectivity index (χ4n) is 11.2. The number of hydrogen-bond donors (Lipinski definition) is 0. The Morgan fingerprint density at radius 1 is 0.250 bits per heavy atom. The maximum absolute atomic E-state index is 12.9. The quantitative estimate of drug-likeness (QED) is 0.0261. The molecule has 0 heterocycles. The van der Waals surface area contributed by atoms with Crippen LogP contribution in [-0.2, 0) is 28.6 Å². The van der Waals surface area contributed by atoms with Gasteiger partial charge in [0, 0.05) is 19.3 Å². The summed E-state index contributed by atoms with van der Waals surface area (Å²) in [6.45, 7) is 6.71. The number of allylic oxidation sites excluding steroid dienone is 4. The highest BCUT2D eigenvalue weighted by atomic mass is 16.6. The maximum Gasteiger partial charge on any atom is 0.306 e. The second-order valence-electron chi connectivity index (χ2n) is 24.9. The second-order valence-corrected chi connectivity index (χ2v) is 24.9. The van der Waals surface area contributed by atoms with Crippen molar-refractivity contribution in [2.75, 3.05) is 13.2 Å². The van der Waals surface area contributed by atoms with Crippen molar-refractivity contribution in [3.63, 3.8) is 0 Å². The highest BCUT2D eigenvalue weighted by Gasteiger charge is 2.19. The van der Waals surface area contributed by atoms with E-state index in [2.05, 4.69) is 45.1 Å². The van der Waals surface area contributed by atoms with Gasteiger partial charge in [0.05, 0.1) is 0 Å². The minimum absolute atomic E-state index is 0.0628. The van der Waals surface area contributed by atoms with Crippen LogP contribution in [0, 0.1) is 0 Å². The van der Waals surface area contributed by atoms with Crippen molar-refractivity contribution in [2.45, 2.75) is 419 Å². The van der Waals surface area contributed by atoms with Gasteiger partial charge in [-0.15, -0.1) is 0 Å². The van der Waals surface area contributed by atoms with Gasteiger partial charge in [0.2, 0.25) is 0 Å². The third kappa shape index (κ3) is 66.7. The van der Waals surface area contributed by atoms with Gasteiger partial charge in [-0.2, -0.15) is 0 Å². The van der Waals surface area contributed by atoms with Crippen LogP contribution in [0.1, 0.15) is 412 Å². The molecule has 6 heteroatoms. The highest BCUT2D eigenvalue weighted by Crippen LogP contribution is 2.19. The van der Waals surface area contributed by atoms with Crippen LogP contribution in [-0.4, -0.2) is 37.2 Å². The van der Waals surface area contributed by atoms with Gasteiger partial charge in [-0.05, 0) is 51.4 Å². The summed E-state index contributed by atoms with van der Waals surface area (Å²) in [7, 11) is 0. The summed E-state index contributed by atoms with van der Waals surface area (Å²) >= 11 is 0. The average molecular weight is 1130 g/mol. The van der Waals surface area contributed by atoms with E-state index < -0.39 is 6.10 Å². The smallest absolute Gasteiger partial charge is 0.306 e. The van der Waals surface area contributed by atoms with E-state index in [1.807, 2.05) is 0 Å². The number of hydrogen-bond acceptors (Lipinski definition) is 6.